The molecule has 1 aromatic carbocycles. The molecule has 1 heterocycles. The van der Waals surface area contributed by atoms with Gasteiger partial charge in [0.25, 0.3) is 0 Å². The van der Waals surface area contributed by atoms with Gasteiger partial charge in [0.1, 0.15) is 0 Å². The highest BCUT2D eigenvalue weighted by atomic mass is 32.2. The fourth-order valence-corrected chi connectivity index (χ4v) is 3.14. The van der Waals surface area contributed by atoms with Crippen LogP contribution < -0.4 is 0 Å². The molecule has 0 aliphatic rings. The molecule has 0 amide bonds. The van der Waals surface area contributed by atoms with Crippen molar-refractivity contribution in [3.05, 3.63) is 47.7 Å². The van der Waals surface area contributed by atoms with Crippen molar-refractivity contribution in [1.29, 1.82) is 0 Å². The summed E-state index contributed by atoms with van der Waals surface area (Å²) in [5.74, 6) is -0.791. The highest BCUT2D eigenvalue weighted by Gasteiger charge is 2.18. The average molecular weight is 276 g/mol. The van der Waals surface area contributed by atoms with E-state index in [1.807, 2.05) is 50.4 Å². The lowest BCUT2D eigenvalue weighted by atomic mass is 10.1. The Hall–Kier alpha value is -1.75. The van der Waals surface area contributed by atoms with Crippen LogP contribution in [0.25, 0.3) is 0 Å². The van der Waals surface area contributed by atoms with Crippen molar-refractivity contribution < 1.29 is 9.90 Å². The number of nitrogens with zero attached hydrogens (tertiary/aromatic N) is 2. The Morgan fingerprint density at radius 3 is 2.63 bits per heavy atom. The lowest BCUT2D eigenvalue weighted by Crippen LogP contribution is -2.04. The van der Waals surface area contributed by atoms with Gasteiger partial charge >= 0.3 is 5.97 Å². The summed E-state index contributed by atoms with van der Waals surface area (Å²) >= 11 is 1.54. The first-order chi connectivity index (χ1) is 9.06. The largest absolute Gasteiger partial charge is 0.481 e. The Kier molecular flexibility index (Phi) is 4.27. The molecule has 2 aromatic rings. The number of hydrogen-bond acceptors (Lipinski definition) is 3. The number of carboxylic acids is 1. The van der Waals surface area contributed by atoms with Crippen molar-refractivity contribution in [3.63, 3.8) is 0 Å². The molecule has 0 fully saturated rings. The van der Waals surface area contributed by atoms with Crippen molar-refractivity contribution in [2.45, 2.75) is 23.6 Å². The number of benzene rings is 1. The van der Waals surface area contributed by atoms with Crippen molar-refractivity contribution in [2.24, 2.45) is 7.05 Å². The average Bonchev–Trinajstić information content (AvgIpc) is 2.67. The number of carbonyl (C=O) groups is 1. The Morgan fingerprint density at radius 2 is 2.11 bits per heavy atom. The lowest BCUT2D eigenvalue weighted by Gasteiger charge is -2.14. The van der Waals surface area contributed by atoms with Gasteiger partial charge in [-0.2, -0.15) is 5.10 Å². The molecule has 100 valence electrons. The van der Waals surface area contributed by atoms with Crippen LogP contribution in [0.5, 0.6) is 0 Å². The van der Waals surface area contributed by atoms with Crippen LogP contribution in [0.2, 0.25) is 0 Å². The third-order valence-electron chi connectivity index (χ3n) is 2.75. The third-order valence-corrected chi connectivity index (χ3v) is 4.10. The Labute approximate surface area is 116 Å². The second-order valence-corrected chi connectivity index (χ2v) is 5.59. The quantitative estimate of drug-likeness (QED) is 0.853. The van der Waals surface area contributed by atoms with E-state index in [4.69, 9.17) is 5.11 Å². The maximum absolute atomic E-state index is 11.0. The molecule has 1 aromatic heterocycles. The van der Waals surface area contributed by atoms with E-state index in [1.165, 1.54) is 11.8 Å². The molecule has 5 heteroatoms. The molecule has 0 saturated heterocycles. The van der Waals surface area contributed by atoms with Crippen LogP contribution in [0.1, 0.15) is 22.9 Å². The van der Waals surface area contributed by atoms with Gasteiger partial charge in [-0.25, -0.2) is 0 Å². The SMILES string of the molecule is Cc1cc(SC(CC(=O)O)c2ccccc2)n(C)n1. The Balaban J connectivity index is 2.24. The number of hydrogen-bond donors (Lipinski definition) is 1. The van der Waals surface area contributed by atoms with Crippen molar-refractivity contribution in [3.8, 4) is 0 Å². The van der Waals surface area contributed by atoms with Crippen LogP contribution >= 0.6 is 11.8 Å². The number of thioether (sulfide) groups is 1. The molecule has 19 heavy (non-hydrogen) atoms. The topological polar surface area (TPSA) is 55.1 Å². The molecule has 1 atom stereocenters. The van der Waals surface area contributed by atoms with Crippen LogP contribution in [-0.2, 0) is 11.8 Å². The van der Waals surface area contributed by atoms with E-state index in [9.17, 15) is 4.79 Å². The number of rotatable bonds is 5. The monoisotopic (exact) mass is 276 g/mol. The molecular weight excluding hydrogens is 260 g/mol. The minimum atomic E-state index is -0.791. The van der Waals surface area contributed by atoms with E-state index in [0.717, 1.165) is 16.3 Å². The van der Waals surface area contributed by atoms with E-state index in [0.29, 0.717) is 0 Å². The fourth-order valence-electron chi connectivity index (χ4n) is 1.90. The molecular formula is C14H16N2O2S. The van der Waals surface area contributed by atoms with Crippen molar-refractivity contribution in [1.82, 2.24) is 9.78 Å². The molecule has 0 saturated carbocycles. The summed E-state index contributed by atoms with van der Waals surface area (Å²) in [4.78, 5) is 11.0. The zero-order valence-electron chi connectivity index (χ0n) is 10.9. The minimum Gasteiger partial charge on any atom is -0.481 e. The molecule has 1 unspecified atom stereocenters. The molecule has 0 radical (unpaired) electrons. The van der Waals surface area contributed by atoms with Gasteiger partial charge in [0.05, 0.1) is 17.1 Å². The van der Waals surface area contributed by atoms with E-state index in [2.05, 4.69) is 5.10 Å². The normalized spacial score (nSPS) is 12.3. The predicted octanol–water partition coefficient (Wildman–Crippen LogP) is 3.04. The highest BCUT2D eigenvalue weighted by molar-refractivity contribution is 7.99. The van der Waals surface area contributed by atoms with Gasteiger partial charge in [-0.15, -0.1) is 0 Å². The van der Waals surface area contributed by atoms with Crippen molar-refractivity contribution in [2.75, 3.05) is 0 Å². The maximum atomic E-state index is 11.0. The number of aromatic nitrogens is 2. The smallest absolute Gasteiger partial charge is 0.304 e. The summed E-state index contributed by atoms with van der Waals surface area (Å²) in [7, 11) is 1.87. The van der Waals surface area contributed by atoms with Crippen LogP contribution in [0.3, 0.4) is 0 Å². The van der Waals surface area contributed by atoms with E-state index in [-0.39, 0.29) is 11.7 Å². The summed E-state index contributed by atoms with van der Waals surface area (Å²) < 4.78 is 1.79. The molecule has 1 N–H and O–H groups in total. The van der Waals surface area contributed by atoms with Gasteiger partial charge in [0.15, 0.2) is 0 Å². The maximum Gasteiger partial charge on any atom is 0.304 e. The molecule has 0 spiro atoms. The first-order valence-electron chi connectivity index (χ1n) is 6.00. The second kappa shape index (κ2) is 5.93. The van der Waals surface area contributed by atoms with Gasteiger partial charge in [0, 0.05) is 12.3 Å². The summed E-state index contributed by atoms with van der Waals surface area (Å²) in [6.45, 7) is 1.93. The molecule has 0 bridgehead atoms. The minimum absolute atomic E-state index is 0.0961. The number of aryl methyl sites for hydroxylation is 2. The molecule has 0 aliphatic heterocycles. The summed E-state index contributed by atoms with van der Waals surface area (Å²) in [5.41, 5.74) is 1.96. The van der Waals surface area contributed by atoms with Gasteiger partial charge < -0.3 is 5.11 Å². The van der Waals surface area contributed by atoms with E-state index in [1.54, 1.807) is 4.68 Å². The standard InChI is InChI=1S/C14H16N2O2S/c1-10-8-13(16(2)15-10)19-12(9-14(17)18)11-6-4-3-5-7-11/h3-8,12H,9H2,1-2H3,(H,17,18). The van der Waals surface area contributed by atoms with Crippen molar-refractivity contribution >= 4 is 17.7 Å². The third kappa shape index (κ3) is 3.61. The molecule has 0 aliphatic carbocycles. The van der Waals surface area contributed by atoms with Crippen LogP contribution in [0.4, 0.5) is 0 Å². The van der Waals surface area contributed by atoms with E-state index >= 15 is 0 Å². The second-order valence-electron chi connectivity index (χ2n) is 4.36. The highest BCUT2D eigenvalue weighted by Crippen LogP contribution is 2.37. The predicted molar refractivity (Wildman–Crippen MR) is 75.2 cm³/mol. The number of carboxylic acid groups (broad SMARTS) is 1. The number of aliphatic carboxylic acids is 1. The zero-order valence-corrected chi connectivity index (χ0v) is 11.7. The molecule has 4 nitrogen and oxygen atoms in total. The van der Waals surface area contributed by atoms with Crippen LogP contribution in [0, 0.1) is 6.92 Å². The van der Waals surface area contributed by atoms with Gasteiger partial charge in [-0.05, 0) is 18.6 Å². The zero-order chi connectivity index (χ0) is 13.8. The van der Waals surface area contributed by atoms with Gasteiger partial charge in [-0.3, -0.25) is 9.48 Å². The van der Waals surface area contributed by atoms with Gasteiger partial charge in [-0.1, -0.05) is 42.1 Å². The first-order valence-corrected chi connectivity index (χ1v) is 6.88. The summed E-state index contributed by atoms with van der Waals surface area (Å²) in [5, 5.41) is 14.2. The fraction of sp³-hybridized carbons (Fsp3) is 0.286. The lowest BCUT2D eigenvalue weighted by molar-refractivity contribution is -0.137. The summed E-state index contributed by atoms with van der Waals surface area (Å²) in [6, 6.07) is 11.7. The first kappa shape index (κ1) is 13.7. The molecule has 2 rings (SSSR count). The van der Waals surface area contributed by atoms with Crippen LogP contribution in [-0.4, -0.2) is 20.9 Å². The Bertz CT molecular complexity index is 566. The van der Waals surface area contributed by atoms with Gasteiger partial charge in [0.2, 0.25) is 0 Å². The summed E-state index contributed by atoms with van der Waals surface area (Å²) in [6.07, 6.45) is 0.0961. The van der Waals surface area contributed by atoms with E-state index < -0.39 is 5.97 Å². The Morgan fingerprint density at radius 1 is 1.42 bits per heavy atom. The van der Waals surface area contributed by atoms with Crippen LogP contribution in [0.15, 0.2) is 41.4 Å².